The van der Waals surface area contributed by atoms with Gasteiger partial charge in [0, 0.05) is 6.42 Å². The first-order chi connectivity index (χ1) is 12.8. The van der Waals surface area contributed by atoms with Crippen molar-refractivity contribution in [2.24, 2.45) is 5.92 Å². The Balaban J connectivity index is 1.80. The van der Waals surface area contributed by atoms with Crippen LogP contribution in [0.2, 0.25) is 0 Å². The molecule has 1 aromatic rings. The fourth-order valence-corrected chi connectivity index (χ4v) is 4.80. The van der Waals surface area contributed by atoms with Gasteiger partial charge in [-0.25, -0.2) is 12.8 Å². The van der Waals surface area contributed by atoms with Crippen molar-refractivity contribution in [3.8, 4) is 5.75 Å². The van der Waals surface area contributed by atoms with Crippen LogP contribution in [0.4, 0.5) is 4.39 Å². The Morgan fingerprint density at radius 2 is 1.93 bits per heavy atom. The number of benzene rings is 1. The molecule has 0 saturated heterocycles. The van der Waals surface area contributed by atoms with E-state index in [1.165, 1.54) is 6.07 Å². The van der Waals surface area contributed by atoms with Crippen molar-refractivity contribution in [1.29, 1.82) is 0 Å². The van der Waals surface area contributed by atoms with E-state index in [0.717, 1.165) is 37.7 Å². The quantitative estimate of drug-likeness (QED) is 0.453. The van der Waals surface area contributed by atoms with Crippen LogP contribution in [-0.2, 0) is 14.6 Å². The molecule has 0 unspecified atom stereocenters. The molecule has 6 heteroatoms. The summed E-state index contributed by atoms with van der Waals surface area (Å²) in [5, 5.41) is 0. The fraction of sp³-hybridized carbons (Fsp3) is 0.667. The summed E-state index contributed by atoms with van der Waals surface area (Å²) >= 11 is 0. The van der Waals surface area contributed by atoms with Crippen molar-refractivity contribution < 1.29 is 22.3 Å². The van der Waals surface area contributed by atoms with Crippen molar-refractivity contribution in [3.05, 3.63) is 29.6 Å². The number of ether oxygens (including phenoxy) is 1. The number of Topliss-reactive ketones (excluding diaryl/α,β-unsaturated/α-hetero) is 1. The van der Waals surface area contributed by atoms with Crippen molar-refractivity contribution in [3.63, 3.8) is 0 Å². The molecule has 0 aliphatic heterocycles. The molecule has 0 N–H and O–H groups in total. The highest BCUT2D eigenvalue weighted by molar-refractivity contribution is 7.91. The smallest absolute Gasteiger partial charge is 0.165 e. The molecule has 1 aromatic carbocycles. The van der Waals surface area contributed by atoms with Crippen molar-refractivity contribution in [2.45, 2.75) is 64.7 Å². The molecule has 0 heterocycles. The van der Waals surface area contributed by atoms with Crippen LogP contribution in [0.3, 0.4) is 0 Å². The Hall–Kier alpha value is -1.43. The lowest BCUT2D eigenvalue weighted by Crippen LogP contribution is -2.16. The standard InChI is InChI=1S/C21H31FO4S/c1-16(15-27(24,25)12-6-4-3-5-7-17(2)23)19-10-11-20(22)21(13-19)26-14-18-8-9-18/h10-11,13,16,18H,3-9,12,14-15H2,1-2H3/t16-/m0/s1. The van der Waals surface area contributed by atoms with Gasteiger partial charge < -0.3 is 9.53 Å². The van der Waals surface area contributed by atoms with Gasteiger partial charge in [0.1, 0.15) is 5.78 Å². The molecule has 27 heavy (non-hydrogen) atoms. The van der Waals surface area contributed by atoms with Crippen LogP contribution < -0.4 is 4.74 Å². The predicted molar refractivity (Wildman–Crippen MR) is 105 cm³/mol. The first-order valence-electron chi connectivity index (χ1n) is 9.89. The first kappa shape index (κ1) is 21.9. The molecule has 0 radical (unpaired) electrons. The Bertz CT molecular complexity index is 726. The summed E-state index contributed by atoms with van der Waals surface area (Å²) < 4.78 is 44.2. The third-order valence-corrected chi connectivity index (χ3v) is 6.85. The SMILES string of the molecule is CC(=O)CCCCCCS(=O)(=O)C[C@H](C)c1ccc(F)c(OCC2CC2)c1. The van der Waals surface area contributed by atoms with Crippen LogP contribution in [-0.4, -0.2) is 32.3 Å². The molecule has 152 valence electrons. The second-order valence-corrected chi connectivity index (χ2v) is 10.1. The lowest BCUT2D eigenvalue weighted by atomic mass is 10.0. The molecule has 2 rings (SSSR count). The topological polar surface area (TPSA) is 60.4 Å². The van der Waals surface area contributed by atoms with Gasteiger partial charge in [0.2, 0.25) is 0 Å². The fourth-order valence-electron chi connectivity index (χ4n) is 3.04. The summed E-state index contributed by atoms with van der Waals surface area (Å²) in [6.07, 6.45) is 5.97. The maximum Gasteiger partial charge on any atom is 0.165 e. The summed E-state index contributed by atoms with van der Waals surface area (Å²) in [5.41, 5.74) is 0.784. The van der Waals surface area contributed by atoms with E-state index in [0.29, 0.717) is 25.4 Å². The monoisotopic (exact) mass is 398 g/mol. The second-order valence-electron chi connectivity index (χ2n) is 7.83. The zero-order chi connectivity index (χ0) is 19.9. The van der Waals surface area contributed by atoms with E-state index in [1.54, 1.807) is 19.1 Å². The maximum absolute atomic E-state index is 13.9. The molecule has 4 nitrogen and oxygen atoms in total. The predicted octanol–water partition coefficient (Wildman–Crippen LogP) is 4.67. The normalized spacial score (nSPS) is 15.5. The number of hydrogen-bond donors (Lipinski definition) is 0. The molecule has 1 saturated carbocycles. The van der Waals surface area contributed by atoms with E-state index in [2.05, 4.69) is 0 Å². The van der Waals surface area contributed by atoms with Gasteiger partial charge in [-0.15, -0.1) is 0 Å². The summed E-state index contributed by atoms with van der Waals surface area (Å²) in [5.74, 6) is 0.515. The van der Waals surface area contributed by atoms with Gasteiger partial charge in [-0.3, -0.25) is 0 Å². The first-order valence-corrected chi connectivity index (χ1v) is 11.7. The van der Waals surface area contributed by atoms with Gasteiger partial charge >= 0.3 is 0 Å². The number of carbonyl (C=O) groups excluding carboxylic acids is 1. The minimum atomic E-state index is -3.17. The lowest BCUT2D eigenvalue weighted by molar-refractivity contribution is -0.117. The van der Waals surface area contributed by atoms with E-state index in [4.69, 9.17) is 4.74 Å². The highest BCUT2D eigenvalue weighted by Gasteiger charge is 2.23. The molecular weight excluding hydrogens is 367 g/mol. The minimum absolute atomic E-state index is 0.0497. The molecule has 0 aromatic heterocycles. The average Bonchev–Trinajstić information content (AvgIpc) is 3.41. The van der Waals surface area contributed by atoms with Gasteiger partial charge in [-0.1, -0.05) is 25.8 Å². The van der Waals surface area contributed by atoms with Gasteiger partial charge in [-0.05, 0) is 62.1 Å². The van der Waals surface area contributed by atoms with Gasteiger partial charge in [0.15, 0.2) is 21.4 Å². The Labute approximate surface area is 162 Å². The van der Waals surface area contributed by atoms with Gasteiger partial charge in [-0.2, -0.15) is 0 Å². The number of unbranched alkanes of at least 4 members (excludes halogenated alkanes) is 3. The third-order valence-electron chi connectivity index (χ3n) is 4.93. The summed E-state index contributed by atoms with van der Waals surface area (Å²) in [6, 6.07) is 4.64. The number of ketones is 1. The number of hydrogen-bond acceptors (Lipinski definition) is 4. The van der Waals surface area contributed by atoms with Crippen molar-refractivity contribution >= 4 is 15.6 Å². The Morgan fingerprint density at radius 3 is 2.59 bits per heavy atom. The molecule has 0 bridgehead atoms. The van der Waals surface area contributed by atoms with E-state index < -0.39 is 15.7 Å². The highest BCUT2D eigenvalue weighted by atomic mass is 32.2. The van der Waals surface area contributed by atoms with Crippen molar-refractivity contribution in [2.75, 3.05) is 18.1 Å². The van der Waals surface area contributed by atoms with Crippen LogP contribution >= 0.6 is 0 Å². The van der Waals surface area contributed by atoms with E-state index in [-0.39, 0.29) is 29.0 Å². The number of halogens is 1. The van der Waals surface area contributed by atoms with E-state index in [1.807, 2.05) is 6.92 Å². The molecule has 0 amide bonds. The van der Waals surface area contributed by atoms with Gasteiger partial charge in [0.25, 0.3) is 0 Å². The summed E-state index contributed by atoms with van der Waals surface area (Å²) in [7, 11) is -3.17. The average molecular weight is 399 g/mol. The van der Waals surface area contributed by atoms with Gasteiger partial charge in [0.05, 0.1) is 18.1 Å². The molecule has 1 fully saturated rings. The van der Waals surface area contributed by atoms with Crippen LogP contribution in [0.15, 0.2) is 18.2 Å². The third kappa shape index (κ3) is 8.41. The lowest BCUT2D eigenvalue weighted by Gasteiger charge is -2.15. The number of sulfone groups is 1. The maximum atomic E-state index is 13.9. The molecule has 1 aliphatic carbocycles. The van der Waals surface area contributed by atoms with Crippen LogP contribution in [0.5, 0.6) is 5.75 Å². The zero-order valence-electron chi connectivity index (χ0n) is 16.4. The summed E-state index contributed by atoms with van der Waals surface area (Å²) in [4.78, 5) is 10.9. The zero-order valence-corrected chi connectivity index (χ0v) is 17.2. The van der Waals surface area contributed by atoms with Crippen molar-refractivity contribution in [1.82, 2.24) is 0 Å². The Morgan fingerprint density at radius 1 is 1.22 bits per heavy atom. The van der Waals surface area contributed by atoms with Crippen LogP contribution in [0, 0.1) is 11.7 Å². The highest BCUT2D eigenvalue weighted by Crippen LogP contribution is 2.31. The number of carbonyl (C=O) groups is 1. The minimum Gasteiger partial charge on any atom is -0.490 e. The van der Waals surface area contributed by atoms with Crippen LogP contribution in [0.1, 0.15) is 70.3 Å². The van der Waals surface area contributed by atoms with Crippen LogP contribution in [0.25, 0.3) is 0 Å². The Kier molecular flexibility index (Phi) is 8.27. The summed E-state index contributed by atoms with van der Waals surface area (Å²) in [6.45, 7) is 3.95. The van der Waals surface area contributed by atoms with E-state index in [9.17, 15) is 17.6 Å². The largest absolute Gasteiger partial charge is 0.490 e. The second kappa shape index (κ2) is 10.2. The molecular formula is C21H31FO4S. The van der Waals surface area contributed by atoms with E-state index >= 15 is 0 Å². The molecule has 1 atom stereocenters. The molecule has 1 aliphatic rings. The number of rotatable bonds is 13. The molecule has 0 spiro atoms.